The van der Waals surface area contributed by atoms with Gasteiger partial charge in [-0.2, -0.15) is 0 Å². The maximum atomic E-state index is 3.64. The van der Waals surface area contributed by atoms with Crippen molar-refractivity contribution in [3.63, 3.8) is 0 Å². The van der Waals surface area contributed by atoms with E-state index in [9.17, 15) is 0 Å². The van der Waals surface area contributed by atoms with Gasteiger partial charge in [0.15, 0.2) is 0 Å². The van der Waals surface area contributed by atoms with Crippen LogP contribution in [0.2, 0.25) is 0 Å². The Balaban J connectivity index is 1.77. The van der Waals surface area contributed by atoms with Gasteiger partial charge in [0.1, 0.15) is 0 Å². The first-order valence-corrected chi connectivity index (χ1v) is 6.35. The monoisotopic (exact) mass is 218 g/mol. The van der Waals surface area contributed by atoms with Gasteiger partial charge in [-0.1, -0.05) is 30.3 Å². The second kappa shape index (κ2) is 6.02. The molecule has 0 aromatic heterocycles. The largest absolute Gasteiger partial charge is 0.317 e. The van der Waals surface area contributed by atoms with Crippen LogP contribution in [0.1, 0.15) is 31.4 Å². The Morgan fingerprint density at radius 2 is 1.94 bits per heavy atom. The second-order valence-electron chi connectivity index (χ2n) is 4.73. The van der Waals surface area contributed by atoms with Crippen LogP contribution in [0.15, 0.2) is 30.3 Å². The van der Waals surface area contributed by atoms with Gasteiger partial charge in [0.2, 0.25) is 0 Å². The van der Waals surface area contributed by atoms with Gasteiger partial charge in [-0.25, -0.2) is 0 Å². The fraction of sp³-hybridized carbons (Fsp3) is 0.571. The summed E-state index contributed by atoms with van der Waals surface area (Å²) in [5, 5.41) is 7.05. The summed E-state index contributed by atoms with van der Waals surface area (Å²) in [4.78, 5) is 0. The molecule has 1 saturated heterocycles. The fourth-order valence-electron chi connectivity index (χ4n) is 2.29. The second-order valence-corrected chi connectivity index (χ2v) is 4.73. The number of hydrogen-bond donors (Lipinski definition) is 2. The number of nitrogens with one attached hydrogen (secondary N) is 2. The van der Waals surface area contributed by atoms with Crippen LogP contribution in [-0.2, 0) is 0 Å². The molecule has 0 saturated carbocycles. The van der Waals surface area contributed by atoms with Crippen molar-refractivity contribution < 1.29 is 0 Å². The number of benzene rings is 1. The third-order valence-corrected chi connectivity index (χ3v) is 3.47. The molecule has 2 nitrogen and oxygen atoms in total. The molecular weight excluding hydrogens is 196 g/mol. The molecule has 0 unspecified atom stereocenters. The molecule has 16 heavy (non-hydrogen) atoms. The summed E-state index contributed by atoms with van der Waals surface area (Å²) in [5.41, 5.74) is 1.39. The minimum Gasteiger partial charge on any atom is -0.317 e. The van der Waals surface area contributed by atoms with Crippen LogP contribution < -0.4 is 10.6 Å². The molecule has 1 aromatic carbocycles. The summed E-state index contributed by atoms with van der Waals surface area (Å²) in [6, 6.07) is 11.1. The van der Waals surface area contributed by atoms with E-state index in [-0.39, 0.29) is 0 Å². The van der Waals surface area contributed by atoms with Gasteiger partial charge in [-0.05, 0) is 50.9 Å². The molecule has 0 radical (unpaired) electrons. The summed E-state index contributed by atoms with van der Waals surface area (Å²) in [5.74, 6) is 0.854. The van der Waals surface area contributed by atoms with Crippen LogP contribution in [0.5, 0.6) is 0 Å². The van der Waals surface area contributed by atoms with Crippen molar-refractivity contribution in [1.82, 2.24) is 10.6 Å². The number of piperidine rings is 1. The molecule has 1 fully saturated rings. The Morgan fingerprint density at radius 1 is 1.25 bits per heavy atom. The lowest BCUT2D eigenvalue weighted by Gasteiger charge is -2.25. The van der Waals surface area contributed by atoms with Crippen molar-refractivity contribution >= 4 is 0 Å². The van der Waals surface area contributed by atoms with Crippen molar-refractivity contribution in [2.45, 2.75) is 25.8 Å². The molecule has 2 heteroatoms. The Kier molecular flexibility index (Phi) is 4.37. The molecule has 1 atom stereocenters. The van der Waals surface area contributed by atoms with Gasteiger partial charge in [-0.3, -0.25) is 0 Å². The third kappa shape index (κ3) is 3.32. The van der Waals surface area contributed by atoms with Crippen LogP contribution in [0.25, 0.3) is 0 Å². The van der Waals surface area contributed by atoms with Gasteiger partial charge in [0.25, 0.3) is 0 Å². The first kappa shape index (κ1) is 11.6. The Hall–Kier alpha value is -0.860. The summed E-state index contributed by atoms with van der Waals surface area (Å²) >= 11 is 0. The molecule has 0 spiro atoms. The highest BCUT2D eigenvalue weighted by Crippen LogP contribution is 2.14. The minimum absolute atomic E-state index is 0.469. The fourth-order valence-corrected chi connectivity index (χ4v) is 2.29. The molecule has 0 bridgehead atoms. The first-order chi connectivity index (χ1) is 7.86. The van der Waals surface area contributed by atoms with Gasteiger partial charge in [0, 0.05) is 6.04 Å². The molecule has 1 aliphatic heterocycles. The van der Waals surface area contributed by atoms with E-state index in [1.807, 2.05) is 0 Å². The summed E-state index contributed by atoms with van der Waals surface area (Å²) in [7, 11) is 0. The molecule has 1 heterocycles. The maximum Gasteiger partial charge on any atom is 0.0291 e. The normalized spacial score (nSPS) is 19.6. The van der Waals surface area contributed by atoms with Crippen LogP contribution >= 0.6 is 0 Å². The highest BCUT2D eigenvalue weighted by molar-refractivity contribution is 5.17. The van der Waals surface area contributed by atoms with E-state index in [4.69, 9.17) is 0 Å². The first-order valence-electron chi connectivity index (χ1n) is 6.35. The zero-order valence-electron chi connectivity index (χ0n) is 10.1. The molecule has 2 rings (SSSR count). The highest BCUT2D eigenvalue weighted by atomic mass is 14.9. The maximum absolute atomic E-state index is 3.64. The van der Waals surface area contributed by atoms with Crippen molar-refractivity contribution in [1.29, 1.82) is 0 Å². The summed E-state index contributed by atoms with van der Waals surface area (Å²) in [6.45, 7) is 5.77. The van der Waals surface area contributed by atoms with E-state index >= 15 is 0 Å². The molecule has 88 valence electrons. The lowest BCUT2D eigenvalue weighted by Crippen LogP contribution is -2.34. The van der Waals surface area contributed by atoms with Crippen molar-refractivity contribution in [2.24, 2.45) is 5.92 Å². The Morgan fingerprint density at radius 3 is 2.62 bits per heavy atom. The van der Waals surface area contributed by atoms with E-state index in [0.717, 1.165) is 12.5 Å². The lowest BCUT2D eigenvalue weighted by atomic mass is 9.97. The predicted octanol–water partition coefficient (Wildman–Crippen LogP) is 2.34. The third-order valence-electron chi connectivity index (χ3n) is 3.47. The SMILES string of the molecule is C[C@@H](NCC1CCNCC1)c1ccccc1. The zero-order chi connectivity index (χ0) is 11.2. The van der Waals surface area contributed by atoms with E-state index in [1.54, 1.807) is 0 Å². The lowest BCUT2D eigenvalue weighted by molar-refractivity contribution is 0.345. The Labute approximate surface area is 98.4 Å². The topological polar surface area (TPSA) is 24.1 Å². The van der Waals surface area contributed by atoms with E-state index in [2.05, 4.69) is 47.9 Å². The van der Waals surface area contributed by atoms with Crippen LogP contribution in [0.3, 0.4) is 0 Å². The average molecular weight is 218 g/mol. The molecule has 1 aliphatic rings. The van der Waals surface area contributed by atoms with Gasteiger partial charge < -0.3 is 10.6 Å². The minimum atomic E-state index is 0.469. The zero-order valence-corrected chi connectivity index (χ0v) is 10.1. The van der Waals surface area contributed by atoms with Gasteiger partial charge in [-0.15, -0.1) is 0 Å². The quantitative estimate of drug-likeness (QED) is 0.810. The highest BCUT2D eigenvalue weighted by Gasteiger charge is 2.13. The van der Waals surface area contributed by atoms with Crippen LogP contribution in [0.4, 0.5) is 0 Å². The van der Waals surface area contributed by atoms with Gasteiger partial charge >= 0.3 is 0 Å². The number of hydrogen-bond acceptors (Lipinski definition) is 2. The van der Waals surface area contributed by atoms with Crippen LogP contribution in [-0.4, -0.2) is 19.6 Å². The van der Waals surface area contributed by atoms with Crippen molar-refractivity contribution in [3.8, 4) is 0 Å². The molecule has 0 aliphatic carbocycles. The van der Waals surface area contributed by atoms with Crippen molar-refractivity contribution in [3.05, 3.63) is 35.9 Å². The van der Waals surface area contributed by atoms with E-state index in [1.165, 1.54) is 31.5 Å². The predicted molar refractivity (Wildman–Crippen MR) is 68.5 cm³/mol. The smallest absolute Gasteiger partial charge is 0.0291 e. The van der Waals surface area contributed by atoms with E-state index < -0.39 is 0 Å². The molecule has 1 aromatic rings. The Bertz CT molecular complexity index is 291. The number of rotatable bonds is 4. The average Bonchev–Trinajstić information content (AvgIpc) is 2.38. The summed E-state index contributed by atoms with van der Waals surface area (Å²) < 4.78 is 0. The summed E-state index contributed by atoms with van der Waals surface area (Å²) in [6.07, 6.45) is 2.63. The van der Waals surface area contributed by atoms with Crippen LogP contribution in [0, 0.1) is 5.92 Å². The van der Waals surface area contributed by atoms with E-state index in [0.29, 0.717) is 6.04 Å². The van der Waals surface area contributed by atoms with Gasteiger partial charge in [0.05, 0.1) is 0 Å². The van der Waals surface area contributed by atoms with Crippen molar-refractivity contribution in [2.75, 3.05) is 19.6 Å². The molecule has 2 N–H and O–H groups in total. The molecule has 0 amide bonds. The standard InChI is InChI=1S/C14H22N2/c1-12(14-5-3-2-4-6-14)16-11-13-7-9-15-10-8-13/h2-6,12-13,15-16H,7-11H2,1H3/t12-/m1/s1. The molecular formula is C14H22N2.